The monoisotopic (exact) mass is 244 g/mol. The summed E-state index contributed by atoms with van der Waals surface area (Å²) < 4.78 is 39.3. The number of benzene rings is 1. The Morgan fingerprint density at radius 1 is 1.35 bits per heavy atom. The predicted molar refractivity (Wildman–Crippen MR) is 56.4 cm³/mol. The van der Waals surface area contributed by atoms with Gasteiger partial charge in [-0.25, -0.2) is 0 Å². The Morgan fingerprint density at radius 3 is 2.41 bits per heavy atom. The standard InChI is InChI=1S/C11H11F3N2O/c1-8(6-15)7-16-9-2-4-10(5-3-9)17-11(12,13)14/h2-5,8,16H,7H2,1H3. The molecule has 0 aliphatic rings. The number of alkyl halides is 3. The van der Waals surface area contributed by atoms with Gasteiger partial charge in [0.2, 0.25) is 0 Å². The van der Waals surface area contributed by atoms with E-state index < -0.39 is 6.36 Å². The van der Waals surface area contributed by atoms with Crippen molar-refractivity contribution < 1.29 is 17.9 Å². The molecule has 1 N–H and O–H groups in total. The Balaban J connectivity index is 2.54. The van der Waals surface area contributed by atoms with E-state index in [4.69, 9.17) is 5.26 Å². The zero-order chi connectivity index (χ0) is 12.9. The molecule has 0 saturated heterocycles. The Bertz CT molecular complexity index is 395. The fourth-order valence-electron chi connectivity index (χ4n) is 1.09. The largest absolute Gasteiger partial charge is 0.573 e. The molecule has 1 aromatic carbocycles. The maximum absolute atomic E-state index is 11.9. The van der Waals surface area contributed by atoms with Crippen LogP contribution in [0.25, 0.3) is 0 Å². The molecule has 0 bridgehead atoms. The lowest BCUT2D eigenvalue weighted by atomic mass is 10.2. The van der Waals surface area contributed by atoms with Gasteiger partial charge in [0.25, 0.3) is 0 Å². The van der Waals surface area contributed by atoms with Gasteiger partial charge in [-0.2, -0.15) is 5.26 Å². The number of hydrogen-bond acceptors (Lipinski definition) is 3. The SMILES string of the molecule is CC(C#N)CNc1ccc(OC(F)(F)F)cc1. The van der Waals surface area contributed by atoms with E-state index in [0.717, 1.165) is 0 Å². The van der Waals surface area contributed by atoms with Crippen LogP contribution >= 0.6 is 0 Å². The predicted octanol–water partition coefficient (Wildman–Crippen LogP) is 3.16. The maximum Gasteiger partial charge on any atom is 0.573 e. The molecule has 0 amide bonds. The van der Waals surface area contributed by atoms with Crippen LogP contribution < -0.4 is 10.1 Å². The van der Waals surface area contributed by atoms with Gasteiger partial charge in [-0.1, -0.05) is 0 Å². The number of nitrogens with one attached hydrogen (secondary N) is 1. The van der Waals surface area contributed by atoms with Gasteiger partial charge in [0, 0.05) is 12.2 Å². The molecule has 0 aromatic heterocycles. The lowest BCUT2D eigenvalue weighted by Gasteiger charge is -2.10. The lowest BCUT2D eigenvalue weighted by molar-refractivity contribution is -0.274. The van der Waals surface area contributed by atoms with Gasteiger partial charge < -0.3 is 10.1 Å². The summed E-state index contributed by atoms with van der Waals surface area (Å²) in [6.07, 6.45) is -4.68. The first-order chi connectivity index (χ1) is 7.90. The number of hydrogen-bond donors (Lipinski definition) is 1. The average molecular weight is 244 g/mol. The summed E-state index contributed by atoms with van der Waals surface area (Å²) in [5.41, 5.74) is 0.640. The fourth-order valence-corrected chi connectivity index (χ4v) is 1.09. The van der Waals surface area contributed by atoms with Crippen molar-refractivity contribution in [1.29, 1.82) is 5.26 Å². The van der Waals surface area contributed by atoms with E-state index in [1.165, 1.54) is 24.3 Å². The highest BCUT2D eigenvalue weighted by atomic mass is 19.4. The summed E-state index contributed by atoms with van der Waals surface area (Å²) >= 11 is 0. The molecule has 0 aliphatic carbocycles. The van der Waals surface area contributed by atoms with E-state index in [2.05, 4.69) is 10.1 Å². The molecular weight excluding hydrogens is 233 g/mol. The van der Waals surface area contributed by atoms with Crippen molar-refractivity contribution in [3.05, 3.63) is 24.3 Å². The summed E-state index contributed by atoms with van der Waals surface area (Å²) in [5, 5.41) is 11.5. The summed E-state index contributed by atoms with van der Waals surface area (Å²) in [6.45, 7) is 2.18. The number of nitriles is 1. The van der Waals surface area contributed by atoms with Crippen molar-refractivity contribution in [3.63, 3.8) is 0 Å². The van der Waals surface area contributed by atoms with E-state index in [1.807, 2.05) is 6.07 Å². The third-order valence-electron chi connectivity index (χ3n) is 1.92. The van der Waals surface area contributed by atoms with Gasteiger partial charge >= 0.3 is 6.36 Å². The Labute approximate surface area is 96.8 Å². The summed E-state index contributed by atoms with van der Waals surface area (Å²) in [5.74, 6) is -0.433. The van der Waals surface area contributed by atoms with Crippen LogP contribution in [-0.2, 0) is 0 Å². The summed E-state index contributed by atoms with van der Waals surface area (Å²) in [4.78, 5) is 0. The molecule has 0 heterocycles. The van der Waals surface area contributed by atoms with Crippen LogP contribution in [0.1, 0.15) is 6.92 Å². The van der Waals surface area contributed by atoms with Crippen molar-refractivity contribution >= 4 is 5.69 Å². The minimum atomic E-state index is -4.68. The maximum atomic E-state index is 11.9. The van der Waals surface area contributed by atoms with Gasteiger partial charge in [0.1, 0.15) is 5.75 Å². The highest BCUT2D eigenvalue weighted by molar-refractivity contribution is 5.46. The molecule has 92 valence electrons. The second-order valence-electron chi connectivity index (χ2n) is 3.48. The van der Waals surface area contributed by atoms with Crippen LogP contribution in [0.2, 0.25) is 0 Å². The van der Waals surface area contributed by atoms with Crippen molar-refractivity contribution in [3.8, 4) is 11.8 Å². The van der Waals surface area contributed by atoms with Crippen LogP contribution in [0, 0.1) is 17.2 Å². The third kappa shape index (κ3) is 5.11. The highest BCUT2D eigenvalue weighted by Gasteiger charge is 2.30. The third-order valence-corrected chi connectivity index (χ3v) is 1.92. The minimum Gasteiger partial charge on any atom is -0.406 e. The number of halogens is 3. The van der Waals surface area contributed by atoms with E-state index in [1.54, 1.807) is 6.92 Å². The topological polar surface area (TPSA) is 45.0 Å². The van der Waals surface area contributed by atoms with Gasteiger partial charge in [-0.15, -0.1) is 13.2 Å². The van der Waals surface area contributed by atoms with Crippen molar-refractivity contribution in [1.82, 2.24) is 0 Å². The van der Waals surface area contributed by atoms with Crippen molar-refractivity contribution in [2.24, 2.45) is 5.92 Å². The number of ether oxygens (including phenoxy) is 1. The Hall–Kier alpha value is -1.90. The summed E-state index contributed by atoms with van der Waals surface area (Å²) in [6, 6.07) is 7.40. The molecule has 1 rings (SSSR count). The molecule has 1 unspecified atom stereocenters. The molecule has 0 spiro atoms. The van der Waals surface area contributed by atoms with Crippen LogP contribution in [0.3, 0.4) is 0 Å². The van der Waals surface area contributed by atoms with Crippen LogP contribution in [-0.4, -0.2) is 12.9 Å². The Kier molecular flexibility index (Phi) is 4.21. The van der Waals surface area contributed by atoms with E-state index in [-0.39, 0.29) is 11.7 Å². The normalized spacial score (nSPS) is 12.6. The van der Waals surface area contributed by atoms with Gasteiger partial charge in [0.15, 0.2) is 0 Å². The molecule has 0 saturated carbocycles. The molecule has 3 nitrogen and oxygen atoms in total. The molecule has 0 fully saturated rings. The quantitative estimate of drug-likeness (QED) is 0.884. The van der Waals surface area contributed by atoms with E-state index in [9.17, 15) is 13.2 Å². The van der Waals surface area contributed by atoms with Gasteiger partial charge in [-0.3, -0.25) is 0 Å². The highest BCUT2D eigenvalue weighted by Crippen LogP contribution is 2.23. The molecular formula is C11H11F3N2O. The first-order valence-electron chi connectivity index (χ1n) is 4.90. The molecule has 17 heavy (non-hydrogen) atoms. The lowest BCUT2D eigenvalue weighted by Crippen LogP contribution is -2.17. The second kappa shape index (κ2) is 5.43. The van der Waals surface area contributed by atoms with Crippen LogP contribution in [0.15, 0.2) is 24.3 Å². The number of rotatable bonds is 4. The molecule has 1 atom stereocenters. The average Bonchev–Trinajstić information content (AvgIpc) is 2.25. The van der Waals surface area contributed by atoms with Crippen molar-refractivity contribution in [2.75, 3.05) is 11.9 Å². The van der Waals surface area contributed by atoms with Crippen molar-refractivity contribution in [2.45, 2.75) is 13.3 Å². The molecule has 0 radical (unpaired) electrons. The fraction of sp³-hybridized carbons (Fsp3) is 0.364. The molecule has 0 aliphatic heterocycles. The van der Waals surface area contributed by atoms with Crippen LogP contribution in [0.5, 0.6) is 5.75 Å². The van der Waals surface area contributed by atoms with Gasteiger partial charge in [0.05, 0.1) is 12.0 Å². The van der Waals surface area contributed by atoms with E-state index >= 15 is 0 Å². The second-order valence-corrected chi connectivity index (χ2v) is 3.48. The first kappa shape index (κ1) is 13.2. The molecule has 6 heteroatoms. The first-order valence-corrected chi connectivity index (χ1v) is 4.90. The number of anilines is 1. The Morgan fingerprint density at radius 2 is 1.94 bits per heavy atom. The zero-order valence-corrected chi connectivity index (χ0v) is 9.08. The zero-order valence-electron chi connectivity index (χ0n) is 9.08. The smallest absolute Gasteiger partial charge is 0.406 e. The van der Waals surface area contributed by atoms with E-state index in [0.29, 0.717) is 12.2 Å². The minimum absolute atomic E-state index is 0.166. The summed E-state index contributed by atoms with van der Waals surface area (Å²) in [7, 11) is 0. The van der Waals surface area contributed by atoms with Gasteiger partial charge in [-0.05, 0) is 31.2 Å². The number of nitrogens with zero attached hydrogens (tertiary/aromatic N) is 1. The van der Waals surface area contributed by atoms with Crippen LogP contribution in [0.4, 0.5) is 18.9 Å². The molecule has 1 aromatic rings.